The molecule has 2 aliphatic rings. The smallest absolute Gasteiger partial charge is 0.416 e. The van der Waals surface area contributed by atoms with Crippen LogP contribution in [0.1, 0.15) is 56.2 Å². The number of hydrogen-bond acceptors (Lipinski definition) is 5. The van der Waals surface area contributed by atoms with Crippen LogP contribution in [-0.4, -0.2) is 34.8 Å². The van der Waals surface area contributed by atoms with Gasteiger partial charge in [-0.1, -0.05) is 64.3 Å². The van der Waals surface area contributed by atoms with E-state index in [0.717, 1.165) is 42.1 Å². The zero-order chi connectivity index (χ0) is 25.7. The van der Waals surface area contributed by atoms with Crippen molar-refractivity contribution in [1.82, 2.24) is 10.2 Å². The molecule has 1 aliphatic heterocycles. The molecule has 1 unspecified atom stereocenters. The summed E-state index contributed by atoms with van der Waals surface area (Å²) in [5, 5.41) is 3.55. The van der Waals surface area contributed by atoms with Crippen molar-refractivity contribution in [3.05, 3.63) is 80.4 Å². The number of rotatable bonds is 6. The highest BCUT2D eigenvalue weighted by molar-refractivity contribution is 9.10. The van der Waals surface area contributed by atoms with Crippen molar-refractivity contribution in [2.45, 2.75) is 57.6 Å². The molecule has 6 nitrogen and oxygen atoms in total. The monoisotopic (exact) mass is 590 g/mol. The van der Waals surface area contributed by atoms with Gasteiger partial charge in [-0.2, -0.15) is 0 Å². The van der Waals surface area contributed by atoms with Gasteiger partial charge in [0.2, 0.25) is 0 Å². The zero-order valence-corrected chi connectivity index (χ0v) is 23.1. The van der Waals surface area contributed by atoms with Gasteiger partial charge in [-0.25, -0.2) is 14.5 Å². The Morgan fingerprint density at radius 1 is 1.11 bits per heavy atom. The van der Waals surface area contributed by atoms with Crippen LogP contribution >= 0.6 is 39.7 Å². The minimum Gasteiger partial charge on any atom is -0.459 e. The highest BCUT2D eigenvalue weighted by Crippen LogP contribution is 2.38. The van der Waals surface area contributed by atoms with Gasteiger partial charge in [-0.3, -0.25) is 0 Å². The van der Waals surface area contributed by atoms with Gasteiger partial charge in [0.25, 0.3) is 0 Å². The van der Waals surface area contributed by atoms with E-state index in [1.807, 2.05) is 30.3 Å². The van der Waals surface area contributed by atoms with E-state index >= 15 is 0 Å². The number of thiocarbonyl (C=S) groups is 1. The fraction of sp³-hybridized carbons (Fsp3) is 0.370. The minimum atomic E-state index is -0.872. The molecule has 0 spiro atoms. The van der Waals surface area contributed by atoms with Crippen molar-refractivity contribution in [3.8, 4) is 0 Å². The lowest BCUT2D eigenvalue weighted by Crippen LogP contribution is -2.51. The number of esters is 1. The highest BCUT2D eigenvalue weighted by atomic mass is 79.9. The number of carbonyl (C=O) groups excluding carboxylic acids is 2. The summed E-state index contributed by atoms with van der Waals surface area (Å²) in [6.07, 6.45) is 4.61. The third kappa shape index (κ3) is 6.28. The van der Waals surface area contributed by atoms with Crippen LogP contribution in [0.3, 0.4) is 0 Å². The molecule has 0 bridgehead atoms. The molecule has 1 heterocycles. The van der Waals surface area contributed by atoms with Crippen molar-refractivity contribution >= 4 is 56.9 Å². The summed E-state index contributed by atoms with van der Waals surface area (Å²) < 4.78 is 12.5. The van der Waals surface area contributed by atoms with Crippen LogP contribution in [0.15, 0.2) is 64.3 Å². The fourth-order valence-electron chi connectivity index (χ4n) is 4.56. The molecule has 1 fully saturated rings. The Balaban J connectivity index is 1.60. The number of allylic oxidation sites excluding steroid dienone is 1. The minimum absolute atomic E-state index is 0.139. The Morgan fingerprint density at radius 2 is 1.81 bits per heavy atom. The molecule has 2 aromatic carbocycles. The van der Waals surface area contributed by atoms with Gasteiger partial charge in [0.05, 0.1) is 12.2 Å². The Hall–Kier alpha value is -2.42. The summed E-state index contributed by atoms with van der Waals surface area (Å²) in [6, 6.07) is 14.0. The van der Waals surface area contributed by atoms with E-state index < -0.39 is 18.1 Å². The molecule has 1 atom stereocenters. The first kappa shape index (κ1) is 26.6. The van der Waals surface area contributed by atoms with E-state index in [4.69, 9.17) is 33.3 Å². The summed E-state index contributed by atoms with van der Waals surface area (Å²) >= 11 is 15.5. The first-order valence-electron chi connectivity index (χ1n) is 12.0. The second-order valence-corrected chi connectivity index (χ2v) is 10.6. The number of benzene rings is 2. The molecule has 0 saturated heterocycles. The maximum atomic E-state index is 13.5. The van der Waals surface area contributed by atoms with Crippen LogP contribution in [0.4, 0.5) is 4.79 Å². The molecule has 2 aromatic rings. The number of carbonyl (C=O) groups is 2. The number of amides is 1. The Labute approximate surface area is 230 Å². The summed E-state index contributed by atoms with van der Waals surface area (Å²) in [5.74, 6) is -0.480. The average molecular weight is 592 g/mol. The quantitative estimate of drug-likeness (QED) is 0.292. The highest BCUT2D eigenvalue weighted by Gasteiger charge is 2.42. The lowest BCUT2D eigenvalue weighted by Gasteiger charge is -2.38. The molecule has 190 valence electrons. The number of nitrogens with zero attached hydrogens (tertiary/aromatic N) is 1. The van der Waals surface area contributed by atoms with E-state index in [0.29, 0.717) is 28.3 Å². The molecule has 1 saturated carbocycles. The molecule has 1 aliphatic carbocycles. The average Bonchev–Trinajstić information content (AvgIpc) is 2.85. The fourth-order valence-corrected chi connectivity index (χ4v) is 5.39. The van der Waals surface area contributed by atoms with E-state index in [1.165, 1.54) is 4.90 Å². The van der Waals surface area contributed by atoms with Gasteiger partial charge in [0, 0.05) is 21.6 Å². The van der Waals surface area contributed by atoms with Crippen molar-refractivity contribution in [2.24, 2.45) is 0 Å². The molecule has 1 amide bonds. The van der Waals surface area contributed by atoms with Gasteiger partial charge in [-0.15, -0.1) is 0 Å². The first-order chi connectivity index (χ1) is 17.3. The van der Waals surface area contributed by atoms with Crippen LogP contribution in [0, 0.1) is 0 Å². The van der Waals surface area contributed by atoms with Crippen LogP contribution < -0.4 is 5.32 Å². The largest absolute Gasteiger partial charge is 0.459 e. The van der Waals surface area contributed by atoms with Crippen LogP contribution in [0.5, 0.6) is 0 Å². The van der Waals surface area contributed by atoms with E-state index in [1.54, 1.807) is 25.1 Å². The third-order valence-corrected chi connectivity index (χ3v) is 7.59. The van der Waals surface area contributed by atoms with Crippen molar-refractivity contribution in [2.75, 3.05) is 6.61 Å². The molecule has 36 heavy (non-hydrogen) atoms. The van der Waals surface area contributed by atoms with Crippen molar-refractivity contribution < 1.29 is 19.1 Å². The molecule has 9 heteroatoms. The molecular formula is C27H28BrClN2O4S. The zero-order valence-electron chi connectivity index (χ0n) is 20.0. The predicted octanol–water partition coefficient (Wildman–Crippen LogP) is 6.86. The standard InChI is InChI=1S/C27H28BrClN2O4S/c1-17-23(25(32)35-20-7-3-2-4-8-20)24(21-9-5-6-10-22(21)29)31(26(36)30-17)27(33)34-16-15-18-11-13-19(28)14-12-18/h5-6,9-14,20,24H,2-4,7-8,15-16H2,1H3,(H,30,36). The van der Waals surface area contributed by atoms with Gasteiger partial charge < -0.3 is 14.8 Å². The predicted molar refractivity (Wildman–Crippen MR) is 147 cm³/mol. The van der Waals surface area contributed by atoms with Crippen LogP contribution in [0.25, 0.3) is 0 Å². The van der Waals surface area contributed by atoms with Gasteiger partial charge in [-0.05, 0) is 74.2 Å². The normalized spacial score (nSPS) is 18.6. The number of ether oxygens (including phenoxy) is 2. The van der Waals surface area contributed by atoms with Gasteiger partial charge >= 0.3 is 12.1 Å². The molecule has 1 N–H and O–H groups in total. The molecule has 4 rings (SSSR count). The van der Waals surface area contributed by atoms with Crippen LogP contribution in [-0.2, 0) is 20.7 Å². The van der Waals surface area contributed by atoms with Crippen molar-refractivity contribution in [3.63, 3.8) is 0 Å². The molecule has 0 aromatic heterocycles. The topological polar surface area (TPSA) is 67.9 Å². The number of nitrogens with one attached hydrogen (secondary N) is 1. The Bertz CT molecular complexity index is 1160. The lowest BCUT2D eigenvalue weighted by molar-refractivity contribution is -0.146. The Kier molecular flexibility index (Phi) is 9.04. The maximum Gasteiger partial charge on any atom is 0.416 e. The van der Waals surface area contributed by atoms with E-state index in [-0.39, 0.29) is 17.8 Å². The first-order valence-corrected chi connectivity index (χ1v) is 13.6. The van der Waals surface area contributed by atoms with Gasteiger partial charge in [0.1, 0.15) is 12.1 Å². The summed E-state index contributed by atoms with van der Waals surface area (Å²) in [6.45, 7) is 1.91. The summed E-state index contributed by atoms with van der Waals surface area (Å²) in [5.41, 5.74) is 2.43. The van der Waals surface area contributed by atoms with Crippen LogP contribution in [0.2, 0.25) is 5.02 Å². The maximum absolute atomic E-state index is 13.5. The third-order valence-electron chi connectivity index (χ3n) is 6.42. The number of halogens is 2. The molecule has 0 radical (unpaired) electrons. The number of hydrogen-bond donors (Lipinski definition) is 1. The van der Waals surface area contributed by atoms with Crippen molar-refractivity contribution in [1.29, 1.82) is 0 Å². The Morgan fingerprint density at radius 3 is 2.50 bits per heavy atom. The van der Waals surface area contributed by atoms with E-state index in [2.05, 4.69) is 21.2 Å². The van der Waals surface area contributed by atoms with Gasteiger partial charge in [0.15, 0.2) is 5.11 Å². The summed E-state index contributed by atoms with van der Waals surface area (Å²) in [4.78, 5) is 28.1. The summed E-state index contributed by atoms with van der Waals surface area (Å²) in [7, 11) is 0. The lowest BCUT2D eigenvalue weighted by atomic mass is 9.93. The second-order valence-electron chi connectivity index (χ2n) is 8.92. The molecular weight excluding hydrogens is 564 g/mol. The van der Waals surface area contributed by atoms with E-state index in [9.17, 15) is 9.59 Å². The second kappa shape index (κ2) is 12.2. The SMILES string of the molecule is CC1=C(C(=O)OC2CCCCC2)C(c2ccccc2Cl)N(C(=O)OCCc2ccc(Br)cc2)C(=S)N1.